The Labute approximate surface area is 143 Å². The minimum atomic E-state index is -0.723. The van der Waals surface area contributed by atoms with Crippen LogP contribution in [-0.4, -0.2) is 23.8 Å². The number of aryl methyl sites for hydroxylation is 1. The standard InChI is InChI=1S/C18H15ClN2O3/c1-10-3-4-11(7-15(10)19)21-18(23)17(22)14-9-20-16-6-5-12(24-2)8-13(14)16/h3-9,20H,1-2H3,(H,21,23). The van der Waals surface area contributed by atoms with Crippen LogP contribution in [0, 0.1) is 6.92 Å². The van der Waals surface area contributed by atoms with Crippen molar-refractivity contribution in [2.45, 2.75) is 6.92 Å². The van der Waals surface area contributed by atoms with Crippen LogP contribution in [0.25, 0.3) is 10.9 Å². The number of halogens is 1. The van der Waals surface area contributed by atoms with E-state index in [-0.39, 0.29) is 0 Å². The Morgan fingerprint density at radius 2 is 1.96 bits per heavy atom. The van der Waals surface area contributed by atoms with Gasteiger partial charge < -0.3 is 15.0 Å². The van der Waals surface area contributed by atoms with E-state index in [0.717, 1.165) is 11.1 Å². The lowest BCUT2D eigenvalue weighted by atomic mass is 10.1. The number of aromatic amines is 1. The fourth-order valence-electron chi connectivity index (χ4n) is 2.40. The number of rotatable bonds is 4. The van der Waals surface area contributed by atoms with Gasteiger partial charge in [-0.05, 0) is 42.8 Å². The van der Waals surface area contributed by atoms with E-state index in [1.54, 1.807) is 43.5 Å². The second-order valence-electron chi connectivity index (χ2n) is 5.36. The zero-order valence-electron chi connectivity index (χ0n) is 13.1. The van der Waals surface area contributed by atoms with Crippen molar-refractivity contribution < 1.29 is 14.3 Å². The molecule has 0 aliphatic carbocycles. The Morgan fingerprint density at radius 3 is 2.67 bits per heavy atom. The summed E-state index contributed by atoms with van der Waals surface area (Å²) in [4.78, 5) is 27.7. The third kappa shape index (κ3) is 2.98. The number of benzene rings is 2. The zero-order valence-corrected chi connectivity index (χ0v) is 13.9. The van der Waals surface area contributed by atoms with Gasteiger partial charge in [-0.2, -0.15) is 0 Å². The summed E-state index contributed by atoms with van der Waals surface area (Å²) < 4.78 is 5.17. The fourth-order valence-corrected chi connectivity index (χ4v) is 2.58. The average molecular weight is 343 g/mol. The van der Waals surface area contributed by atoms with Crippen LogP contribution < -0.4 is 10.1 Å². The number of hydrogen-bond donors (Lipinski definition) is 2. The number of nitrogens with one attached hydrogen (secondary N) is 2. The second-order valence-corrected chi connectivity index (χ2v) is 5.77. The normalized spacial score (nSPS) is 10.6. The van der Waals surface area contributed by atoms with Crippen LogP contribution in [0.3, 0.4) is 0 Å². The lowest BCUT2D eigenvalue weighted by molar-refractivity contribution is -0.112. The van der Waals surface area contributed by atoms with Crippen molar-refractivity contribution >= 4 is 39.9 Å². The molecule has 2 aromatic carbocycles. The van der Waals surface area contributed by atoms with E-state index in [4.69, 9.17) is 16.3 Å². The number of carbonyl (C=O) groups excluding carboxylic acids is 2. The molecule has 3 rings (SSSR count). The van der Waals surface area contributed by atoms with Gasteiger partial charge in [0.05, 0.1) is 12.7 Å². The molecule has 1 amide bonds. The van der Waals surface area contributed by atoms with Crippen molar-refractivity contribution in [3.63, 3.8) is 0 Å². The van der Waals surface area contributed by atoms with Gasteiger partial charge in [-0.25, -0.2) is 0 Å². The van der Waals surface area contributed by atoms with Gasteiger partial charge in [0.25, 0.3) is 11.7 Å². The molecule has 3 aromatic rings. The molecule has 122 valence electrons. The summed E-state index contributed by atoms with van der Waals surface area (Å²) in [6.07, 6.45) is 1.52. The van der Waals surface area contributed by atoms with E-state index in [9.17, 15) is 9.59 Å². The monoisotopic (exact) mass is 342 g/mol. The molecule has 2 N–H and O–H groups in total. The van der Waals surface area contributed by atoms with Gasteiger partial charge in [0.1, 0.15) is 5.75 Å². The number of Topliss-reactive ketones (excluding diaryl/α,β-unsaturated/α-hetero) is 1. The van der Waals surface area contributed by atoms with Gasteiger partial charge in [-0.15, -0.1) is 0 Å². The molecule has 24 heavy (non-hydrogen) atoms. The van der Waals surface area contributed by atoms with E-state index < -0.39 is 11.7 Å². The van der Waals surface area contributed by atoms with E-state index in [0.29, 0.717) is 27.4 Å². The summed E-state index contributed by atoms with van der Waals surface area (Å²) in [7, 11) is 1.54. The third-order valence-corrected chi connectivity index (χ3v) is 4.18. The first-order valence-electron chi connectivity index (χ1n) is 7.26. The highest BCUT2D eigenvalue weighted by Crippen LogP contribution is 2.25. The van der Waals surface area contributed by atoms with E-state index in [1.165, 1.54) is 6.20 Å². The number of aromatic nitrogens is 1. The van der Waals surface area contributed by atoms with Gasteiger partial charge in [0.15, 0.2) is 0 Å². The molecule has 0 fully saturated rings. The van der Waals surface area contributed by atoms with Crippen LogP contribution in [-0.2, 0) is 4.79 Å². The van der Waals surface area contributed by atoms with Crippen molar-refractivity contribution in [1.82, 2.24) is 4.98 Å². The maximum atomic E-state index is 12.5. The molecular formula is C18H15ClN2O3. The number of methoxy groups -OCH3 is 1. The predicted octanol–water partition coefficient (Wildman–Crippen LogP) is 3.96. The van der Waals surface area contributed by atoms with Crippen LogP contribution in [0.1, 0.15) is 15.9 Å². The fraction of sp³-hybridized carbons (Fsp3) is 0.111. The minimum Gasteiger partial charge on any atom is -0.497 e. The first kappa shape index (κ1) is 16.1. The Balaban J connectivity index is 1.88. The molecule has 0 aliphatic rings. The summed E-state index contributed by atoms with van der Waals surface area (Å²) in [5.41, 5.74) is 2.41. The number of fused-ring (bicyclic) bond motifs is 1. The van der Waals surface area contributed by atoms with Crippen LogP contribution in [0.4, 0.5) is 5.69 Å². The van der Waals surface area contributed by atoms with Gasteiger partial charge >= 0.3 is 0 Å². The molecule has 0 unspecified atom stereocenters. The van der Waals surface area contributed by atoms with Crippen LogP contribution in [0.5, 0.6) is 5.75 Å². The first-order valence-corrected chi connectivity index (χ1v) is 7.64. The topological polar surface area (TPSA) is 71.2 Å². The molecular weight excluding hydrogens is 328 g/mol. The smallest absolute Gasteiger partial charge is 0.296 e. The Morgan fingerprint density at radius 1 is 1.17 bits per heavy atom. The number of amides is 1. The molecule has 0 saturated heterocycles. The molecule has 6 heteroatoms. The number of carbonyl (C=O) groups is 2. The Bertz CT molecular complexity index is 947. The minimum absolute atomic E-state index is 0.291. The molecule has 0 aliphatic heterocycles. The highest BCUT2D eigenvalue weighted by atomic mass is 35.5. The molecule has 0 bridgehead atoms. The molecule has 0 saturated carbocycles. The summed E-state index contributed by atoms with van der Waals surface area (Å²) in [5, 5.41) is 3.73. The van der Waals surface area contributed by atoms with Crippen LogP contribution in [0.2, 0.25) is 5.02 Å². The maximum absolute atomic E-state index is 12.5. The number of hydrogen-bond acceptors (Lipinski definition) is 3. The van der Waals surface area contributed by atoms with Crippen LogP contribution >= 0.6 is 11.6 Å². The third-order valence-electron chi connectivity index (χ3n) is 3.77. The summed E-state index contributed by atoms with van der Waals surface area (Å²) in [6, 6.07) is 10.4. The predicted molar refractivity (Wildman–Crippen MR) is 94.0 cm³/mol. The quantitative estimate of drug-likeness (QED) is 0.557. The highest BCUT2D eigenvalue weighted by Gasteiger charge is 2.20. The SMILES string of the molecule is COc1ccc2[nH]cc(C(=O)C(=O)Nc3ccc(C)c(Cl)c3)c2c1. The van der Waals surface area contributed by atoms with Crippen LogP contribution in [0.15, 0.2) is 42.6 Å². The summed E-state index contributed by atoms with van der Waals surface area (Å²) >= 11 is 6.03. The molecule has 1 heterocycles. The lowest BCUT2D eigenvalue weighted by Crippen LogP contribution is -2.22. The number of ether oxygens (including phenoxy) is 1. The Hall–Kier alpha value is -2.79. The van der Waals surface area contributed by atoms with Crippen molar-refractivity contribution in [1.29, 1.82) is 0 Å². The maximum Gasteiger partial charge on any atom is 0.296 e. The summed E-state index contributed by atoms with van der Waals surface area (Å²) in [5.74, 6) is -0.744. The van der Waals surface area contributed by atoms with Crippen molar-refractivity contribution in [2.75, 3.05) is 12.4 Å². The number of anilines is 1. The molecule has 5 nitrogen and oxygen atoms in total. The van der Waals surface area contributed by atoms with E-state index in [2.05, 4.69) is 10.3 Å². The van der Waals surface area contributed by atoms with Crippen molar-refractivity contribution in [2.24, 2.45) is 0 Å². The lowest BCUT2D eigenvalue weighted by Gasteiger charge is -2.06. The van der Waals surface area contributed by atoms with Crippen molar-refractivity contribution in [3.8, 4) is 5.75 Å². The molecule has 0 atom stereocenters. The number of ketones is 1. The van der Waals surface area contributed by atoms with Gasteiger partial charge in [0, 0.05) is 27.8 Å². The van der Waals surface area contributed by atoms with Gasteiger partial charge in [-0.1, -0.05) is 17.7 Å². The molecule has 1 aromatic heterocycles. The summed E-state index contributed by atoms with van der Waals surface area (Å²) in [6.45, 7) is 1.86. The van der Waals surface area contributed by atoms with E-state index >= 15 is 0 Å². The highest BCUT2D eigenvalue weighted by molar-refractivity contribution is 6.48. The average Bonchev–Trinajstić information content (AvgIpc) is 3.00. The van der Waals surface area contributed by atoms with Gasteiger partial charge in [-0.3, -0.25) is 9.59 Å². The Kier molecular flexibility index (Phi) is 4.27. The zero-order chi connectivity index (χ0) is 17.3. The second kappa shape index (κ2) is 6.37. The van der Waals surface area contributed by atoms with Crippen molar-refractivity contribution in [3.05, 3.63) is 58.7 Å². The number of H-pyrrole nitrogens is 1. The first-order chi connectivity index (χ1) is 11.5. The largest absolute Gasteiger partial charge is 0.497 e. The molecule has 0 spiro atoms. The molecule has 0 radical (unpaired) electrons. The van der Waals surface area contributed by atoms with E-state index in [1.807, 2.05) is 6.92 Å². The van der Waals surface area contributed by atoms with Gasteiger partial charge in [0.2, 0.25) is 0 Å².